The number of H-pyrrole nitrogens is 2. The number of carbonyl (C=O) groups is 9. The van der Waals surface area contributed by atoms with E-state index in [0.29, 0.717) is 35.5 Å². The van der Waals surface area contributed by atoms with Gasteiger partial charge in [-0.15, -0.1) is 0 Å². The first-order valence-corrected chi connectivity index (χ1v) is 24.9. The Hall–Kier alpha value is -6.91. The van der Waals surface area contributed by atoms with Crippen molar-refractivity contribution in [2.24, 2.45) is 57.5 Å². The molecule has 3 rings (SSSR count). The summed E-state index contributed by atoms with van der Waals surface area (Å²) in [6.07, 6.45) is 6.91. The number of aromatic nitrogens is 4. The molecule has 2 aromatic heterocycles. The number of aromatic amines is 2. The normalized spacial score (nSPS) is 14.5. The zero-order valence-corrected chi connectivity index (χ0v) is 41.6. The van der Waals surface area contributed by atoms with Gasteiger partial charge in [-0.3, -0.25) is 43.3 Å². The molecule has 3 aromatic rings. The number of thioether (sulfide) groups is 1. The lowest BCUT2D eigenvalue weighted by Crippen LogP contribution is -2.51. The fraction of sp³-hybridized carbons (Fsp3) is 0.542. The predicted octanol–water partition coefficient (Wildman–Crippen LogP) is 0.856. The number of benzene rings is 1. The lowest BCUT2D eigenvalue weighted by atomic mass is 9.86. The van der Waals surface area contributed by atoms with E-state index < -0.39 is 114 Å². The third kappa shape index (κ3) is 20.9. The highest BCUT2D eigenvalue weighted by Crippen LogP contribution is 2.23. The van der Waals surface area contributed by atoms with Gasteiger partial charge in [-0.2, -0.15) is 11.8 Å². The van der Waals surface area contributed by atoms with Gasteiger partial charge >= 0.3 is 0 Å². The van der Waals surface area contributed by atoms with E-state index in [9.17, 15) is 48.3 Å². The molecule has 23 heteroatoms. The van der Waals surface area contributed by atoms with Gasteiger partial charge in [0.05, 0.1) is 49.0 Å². The fourth-order valence-electron chi connectivity index (χ4n) is 8.01. The largest absolute Gasteiger partial charge is 0.508 e. The molecular weight excluding hydrogens is 937 g/mol. The molecule has 0 bridgehead atoms. The van der Waals surface area contributed by atoms with Crippen LogP contribution in [0.3, 0.4) is 0 Å². The average molecular weight is 1010 g/mol. The van der Waals surface area contributed by atoms with Crippen LogP contribution in [0.25, 0.3) is 0 Å². The first-order valence-electron chi connectivity index (χ1n) is 23.5. The van der Waals surface area contributed by atoms with Crippen LogP contribution in [0.5, 0.6) is 5.75 Å². The van der Waals surface area contributed by atoms with Gasteiger partial charge in [0.15, 0.2) is 23.3 Å². The molecule has 0 saturated heterocycles. The molecule has 388 valence electrons. The second-order valence-electron chi connectivity index (χ2n) is 17.9. The number of hydrogen-bond donors (Lipinski definition) is 10. The van der Waals surface area contributed by atoms with Crippen LogP contribution in [0.2, 0.25) is 0 Å². The highest BCUT2D eigenvalue weighted by molar-refractivity contribution is 7.98. The van der Waals surface area contributed by atoms with Crippen molar-refractivity contribution in [2.45, 2.75) is 116 Å². The van der Waals surface area contributed by atoms with E-state index in [-0.39, 0.29) is 69.0 Å². The number of phenolic OH excluding ortho intramolecular Hbond substituents is 1. The monoisotopic (exact) mass is 1010 g/mol. The number of guanidine groups is 1. The van der Waals surface area contributed by atoms with Crippen LogP contribution < -0.4 is 38.9 Å². The van der Waals surface area contributed by atoms with E-state index in [2.05, 4.69) is 40.9 Å². The van der Waals surface area contributed by atoms with Crippen LogP contribution in [0, 0.1) is 29.6 Å². The van der Waals surface area contributed by atoms with Crippen molar-refractivity contribution in [1.82, 2.24) is 35.9 Å². The van der Waals surface area contributed by atoms with Gasteiger partial charge < -0.3 is 58.8 Å². The first-order chi connectivity index (χ1) is 33.7. The minimum atomic E-state index is -1.49. The van der Waals surface area contributed by atoms with Gasteiger partial charge in [0, 0.05) is 80.7 Å². The van der Waals surface area contributed by atoms with Crippen LogP contribution in [0.4, 0.5) is 0 Å². The number of carbonyl (C=O) groups excluding carboxylic acids is 9. The number of aliphatic imine (C=N–C) groups is 1. The molecule has 0 aliphatic heterocycles. The van der Waals surface area contributed by atoms with Crippen molar-refractivity contribution < 1.29 is 48.3 Å². The Morgan fingerprint density at radius 3 is 1.76 bits per heavy atom. The van der Waals surface area contributed by atoms with Crippen molar-refractivity contribution in [3.05, 3.63) is 66.3 Å². The maximum absolute atomic E-state index is 14.6. The predicted molar refractivity (Wildman–Crippen MR) is 266 cm³/mol. The Bertz CT molecular complexity index is 2270. The van der Waals surface area contributed by atoms with Crippen LogP contribution >= 0.6 is 11.8 Å². The van der Waals surface area contributed by atoms with Crippen molar-refractivity contribution in [1.29, 1.82) is 0 Å². The number of hydrogen-bond acceptors (Lipinski definition) is 14. The molecule has 5 amide bonds. The molecule has 22 nitrogen and oxygen atoms in total. The summed E-state index contributed by atoms with van der Waals surface area (Å²) in [5, 5.41) is 18.2. The highest BCUT2D eigenvalue weighted by Gasteiger charge is 2.36. The van der Waals surface area contributed by atoms with Gasteiger partial charge in [-0.25, -0.2) is 9.97 Å². The number of primary amides is 2. The number of nitrogens with two attached hydrogens (primary N) is 4. The number of rotatable bonds is 35. The number of aromatic hydroxyl groups is 1. The standard InChI is InChI=1S/C48H70N12O10S/c1-5-27(2)43(41(65)21-33(18-35-24-54-26-57-35)46(69)58-37(12-14-71-4)39(63)19-31(44(50)67)17-34-23-53-25-56-34)60-47(70)32(16-29-8-10-36(62)11-9-29)20-40(64)38(22-42(49)66)59-45(68)30(15-28(3)61)7-6-13-55-48(51)52/h8-11,23-27,30-33,37-38,43,62H,5-7,12-22H2,1-4H3,(H2,49,66)(H2,50,67)(H,53,56)(H,54,57)(H,58,69)(H,59,68)(H,60,70)(H4,51,52,55)/t27-,30+,31+,32+,33+,37-,38-,43-/m0/s1. The number of nitrogens with zero attached hydrogens (tertiary/aromatic N) is 3. The van der Waals surface area contributed by atoms with Crippen molar-refractivity contribution in [2.75, 3.05) is 18.6 Å². The molecule has 0 aliphatic rings. The van der Waals surface area contributed by atoms with E-state index in [1.54, 1.807) is 19.1 Å². The first kappa shape index (κ1) is 58.4. The maximum Gasteiger partial charge on any atom is 0.224 e. The van der Waals surface area contributed by atoms with E-state index in [4.69, 9.17) is 22.9 Å². The third-order valence-corrected chi connectivity index (χ3v) is 12.8. The number of amides is 5. The minimum absolute atomic E-state index is 0.000408. The maximum atomic E-state index is 14.6. The smallest absolute Gasteiger partial charge is 0.224 e. The zero-order valence-electron chi connectivity index (χ0n) is 40.8. The summed E-state index contributed by atoms with van der Waals surface area (Å²) in [4.78, 5) is 140. The molecule has 0 unspecified atom stereocenters. The minimum Gasteiger partial charge on any atom is -0.508 e. The van der Waals surface area contributed by atoms with E-state index in [1.807, 2.05) is 13.2 Å². The fourth-order valence-corrected chi connectivity index (χ4v) is 8.48. The molecule has 14 N–H and O–H groups in total. The van der Waals surface area contributed by atoms with E-state index in [1.165, 1.54) is 55.9 Å². The van der Waals surface area contributed by atoms with Crippen LogP contribution in [0.15, 0.2) is 54.3 Å². The summed E-state index contributed by atoms with van der Waals surface area (Å²) >= 11 is 1.45. The Balaban J connectivity index is 1.92. The molecule has 1 aromatic carbocycles. The summed E-state index contributed by atoms with van der Waals surface area (Å²) in [5.41, 5.74) is 23.7. The third-order valence-electron chi connectivity index (χ3n) is 12.1. The van der Waals surface area contributed by atoms with Crippen LogP contribution in [-0.4, -0.2) is 120 Å². The van der Waals surface area contributed by atoms with Gasteiger partial charge in [0.1, 0.15) is 11.5 Å². The van der Waals surface area contributed by atoms with E-state index >= 15 is 0 Å². The summed E-state index contributed by atoms with van der Waals surface area (Å²) in [6.45, 7) is 5.04. The molecule has 0 fully saturated rings. The lowest BCUT2D eigenvalue weighted by Gasteiger charge is -2.28. The van der Waals surface area contributed by atoms with Gasteiger partial charge in [0.25, 0.3) is 0 Å². The topological polar surface area (TPSA) is 384 Å². The second kappa shape index (κ2) is 30.0. The van der Waals surface area contributed by atoms with Crippen LogP contribution in [-0.2, 0) is 62.4 Å². The number of Topliss-reactive ketones (excluding diaryl/α,β-unsaturated/α-hetero) is 4. The van der Waals surface area contributed by atoms with Gasteiger partial charge in [-0.1, -0.05) is 32.4 Å². The molecule has 8 atom stereocenters. The molecule has 0 aliphatic carbocycles. The Kier molecular flexibility index (Phi) is 24.7. The van der Waals surface area contributed by atoms with Crippen molar-refractivity contribution >= 4 is 70.4 Å². The van der Waals surface area contributed by atoms with Gasteiger partial charge in [0.2, 0.25) is 29.5 Å². The SMILES string of the molecule is CC[C@H](C)[C@H](NC(=O)[C@@H](CC(=O)[C@H](CC(N)=O)NC(=O)[C@H](CCCN=C(N)N)CC(C)=O)Cc1ccc(O)cc1)C(=O)C[C@@H](Cc1cnc[nH]1)C(=O)N[C@@H](CCSC)C(=O)C[C@@H](Cc1cnc[nH]1)C(N)=O. The Morgan fingerprint density at radius 1 is 0.690 bits per heavy atom. The molecule has 0 saturated carbocycles. The zero-order chi connectivity index (χ0) is 52.6. The van der Waals surface area contributed by atoms with E-state index in [0.717, 1.165) is 0 Å². The van der Waals surface area contributed by atoms with Crippen molar-refractivity contribution in [3.63, 3.8) is 0 Å². The lowest BCUT2D eigenvalue weighted by molar-refractivity contribution is -0.136. The summed E-state index contributed by atoms with van der Waals surface area (Å²) in [5.74, 6) is -9.89. The highest BCUT2D eigenvalue weighted by atomic mass is 32.2. The van der Waals surface area contributed by atoms with Crippen LogP contribution in [0.1, 0.15) is 95.5 Å². The van der Waals surface area contributed by atoms with Crippen molar-refractivity contribution in [3.8, 4) is 5.75 Å². The molecule has 0 radical (unpaired) electrons. The number of phenols is 1. The Morgan fingerprint density at radius 2 is 1.23 bits per heavy atom. The quantitative estimate of drug-likeness (QED) is 0.0222. The van der Waals surface area contributed by atoms with Gasteiger partial charge in [-0.05, 0) is 68.2 Å². The molecule has 71 heavy (non-hydrogen) atoms. The number of imidazole rings is 2. The average Bonchev–Trinajstić information content (AvgIpc) is 4.04. The second-order valence-corrected chi connectivity index (χ2v) is 18.9. The summed E-state index contributed by atoms with van der Waals surface area (Å²) in [6, 6.07) is 2.22. The Labute approximate surface area is 417 Å². The number of ketones is 4. The molecule has 0 spiro atoms. The molecular formula is C48H70N12O10S. The molecule has 2 heterocycles. The summed E-state index contributed by atoms with van der Waals surface area (Å²) < 4.78 is 0. The number of nitrogens with one attached hydrogen (secondary N) is 5. The summed E-state index contributed by atoms with van der Waals surface area (Å²) in [7, 11) is 0.